The van der Waals surface area contributed by atoms with Crippen molar-refractivity contribution >= 4 is 27.5 Å². The predicted molar refractivity (Wildman–Crippen MR) is 153 cm³/mol. The van der Waals surface area contributed by atoms with E-state index in [0.717, 1.165) is 52.5 Å². The van der Waals surface area contributed by atoms with E-state index in [2.05, 4.69) is 5.32 Å². The van der Waals surface area contributed by atoms with Gasteiger partial charge in [-0.15, -0.1) is 0 Å². The minimum absolute atomic E-state index is 0.0729. The molecule has 2 amide bonds. The van der Waals surface area contributed by atoms with Crippen LogP contribution in [0.15, 0.2) is 77.7 Å². The Labute approximate surface area is 235 Å². The third-order valence-electron chi connectivity index (χ3n) is 6.51. The zero-order valence-corrected chi connectivity index (χ0v) is 24.1. The monoisotopic (exact) mass is 569 g/mol. The molecule has 1 N–H and O–H groups in total. The van der Waals surface area contributed by atoms with Crippen molar-refractivity contribution in [1.82, 2.24) is 10.2 Å². The van der Waals surface area contributed by atoms with E-state index in [1.807, 2.05) is 13.8 Å². The molecule has 0 aromatic heterocycles. The number of aryl methyl sites for hydroxylation is 1. The molecule has 3 aromatic rings. The van der Waals surface area contributed by atoms with E-state index in [9.17, 15) is 22.4 Å². The number of benzene rings is 3. The summed E-state index contributed by atoms with van der Waals surface area (Å²) in [6.07, 6.45) is 1.69. The average Bonchev–Trinajstić information content (AvgIpc) is 2.95. The standard InChI is InChI=1S/C30H36FN3O5S/c1-5-6-19-32-30(36)23(3)33(20-24-9-15-27(39-4)16-10-24)29(35)21-34(26-13-7-22(2)8-14-26)40(37,38)28-17-11-25(31)12-18-28/h7-18,23H,5-6,19-21H2,1-4H3,(H,32,36). The number of anilines is 1. The van der Waals surface area contributed by atoms with Crippen LogP contribution >= 0.6 is 0 Å². The molecule has 3 aromatic carbocycles. The number of methoxy groups -OCH3 is 1. The molecule has 0 saturated heterocycles. The molecule has 3 rings (SSSR count). The van der Waals surface area contributed by atoms with Gasteiger partial charge in [0.2, 0.25) is 11.8 Å². The fraction of sp³-hybridized carbons (Fsp3) is 0.333. The smallest absolute Gasteiger partial charge is 0.264 e. The number of unbranched alkanes of at least 4 members (excludes halogenated alkanes) is 1. The number of halogens is 1. The van der Waals surface area contributed by atoms with Gasteiger partial charge in [-0.3, -0.25) is 13.9 Å². The number of nitrogens with one attached hydrogen (secondary N) is 1. The Kier molecular flexibility index (Phi) is 10.7. The summed E-state index contributed by atoms with van der Waals surface area (Å²) >= 11 is 0. The molecule has 0 radical (unpaired) electrons. The number of hydrogen-bond acceptors (Lipinski definition) is 5. The molecule has 1 atom stereocenters. The zero-order valence-electron chi connectivity index (χ0n) is 23.3. The van der Waals surface area contributed by atoms with Gasteiger partial charge in [-0.2, -0.15) is 0 Å². The van der Waals surface area contributed by atoms with Gasteiger partial charge < -0.3 is 15.0 Å². The maximum Gasteiger partial charge on any atom is 0.264 e. The van der Waals surface area contributed by atoms with Gasteiger partial charge in [0, 0.05) is 13.1 Å². The highest BCUT2D eigenvalue weighted by Crippen LogP contribution is 2.25. The van der Waals surface area contributed by atoms with Crippen LogP contribution in [0.3, 0.4) is 0 Å². The molecule has 8 nitrogen and oxygen atoms in total. The minimum atomic E-state index is -4.26. The van der Waals surface area contributed by atoms with Gasteiger partial charge in [0.05, 0.1) is 17.7 Å². The molecule has 0 aliphatic carbocycles. The number of nitrogens with zero attached hydrogens (tertiary/aromatic N) is 2. The second-order valence-electron chi connectivity index (χ2n) is 9.49. The van der Waals surface area contributed by atoms with Crippen LogP contribution in [-0.4, -0.2) is 51.4 Å². The highest BCUT2D eigenvalue weighted by Gasteiger charge is 2.32. The lowest BCUT2D eigenvalue weighted by Crippen LogP contribution is -2.51. The number of carbonyl (C=O) groups excluding carboxylic acids is 2. The Morgan fingerprint density at radius 2 is 1.60 bits per heavy atom. The average molecular weight is 570 g/mol. The molecule has 214 valence electrons. The van der Waals surface area contributed by atoms with Crippen LogP contribution < -0.4 is 14.4 Å². The third-order valence-corrected chi connectivity index (χ3v) is 8.30. The zero-order chi connectivity index (χ0) is 29.3. The lowest BCUT2D eigenvalue weighted by atomic mass is 10.1. The van der Waals surface area contributed by atoms with Crippen LogP contribution in [0.1, 0.15) is 37.8 Å². The van der Waals surface area contributed by atoms with Crippen LogP contribution in [0.2, 0.25) is 0 Å². The molecular weight excluding hydrogens is 533 g/mol. The Balaban J connectivity index is 1.98. The van der Waals surface area contributed by atoms with E-state index in [1.165, 1.54) is 4.90 Å². The van der Waals surface area contributed by atoms with Gasteiger partial charge >= 0.3 is 0 Å². The molecule has 0 heterocycles. The maximum atomic E-state index is 13.9. The fourth-order valence-corrected chi connectivity index (χ4v) is 5.43. The summed E-state index contributed by atoms with van der Waals surface area (Å²) < 4.78 is 47.3. The minimum Gasteiger partial charge on any atom is -0.497 e. The summed E-state index contributed by atoms with van der Waals surface area (Å²) in [5, 5.41) is 2.86. The van der Waals surface area contributed by atoms with Crippen molar-refractivity contribution in [3.63, 3.8) is 0 Å². The first kappa shape index (κ1) is 30.6. The molecule has 0 saturated carbocycles. The normalized spacial score (nSPS) is 11.9. The van der Waals surface area contributed by atoms with E-state index >= 15 is 0 Å². The van der Waals surface area contributed by atoms with E-state index < -0.39 is 34.3 Å². The first-order chi connectivity index (χ1) is 19.1. The van der Waals surface area contributed by atoms with Crippen molar-refractivity contribution in [1.29, 1.82) is 0 Å². The third kappa shape index (κ3) is 7.81. The van der Waals surface area contributed by atoms with Crippen LogP contribution in [0, 0.1) is 12.7 Å². The Hall–Kier alpha value is -3.92. The second-order valence-corrected chi connectivity index (χ2v) is 11.4. The summed E-state index contributed by atoms with van der Waals surface area (Å²) in [5.41, 5.74) is 1.92. The fourth-order valence-electron chi connectivity index (χ4n) is 4.02. The van der Waals surface area contributed by atoms with Crippen LogP contribution in [0.4, 0.5) is 10.1 Å². The molecule has 0 aliphatic rings. The molecule has 40 heavy (non-hydrogen) atoms. The van der Waals surface area contributed by atoms with Gasteiger partial charge in [0.15, 0.2) is 0 Å². The number of ether oxygens (including phenoxy) is 1. The molecule has 0 aliphatic heterocycles. The number of amides is 2. The van der Waals surface area contributed by atoms with Crippen LogP contribution in [0.25, 0.3) is 0 Å². The summed E-state index contributed by atoms with van der Waals surface area (Å²) in [4.78, 5) is 28.1. The molecule has 0 fully saturated rings. The van der Waals surface area contributed by atoms with Gasteiger partial charge in [-0.1, -0.05) is 43.2 Å². The summed E-state index contributed by atoms with van der Waals surface area (Å²) in [6.45, 7) is 5.47. The number of rotatable bonds is 13. The van der Waals surface area contributed by atoms with Crippen molar-refractivity contribution in [2.75, 3.05) is 24.5 Å². The highest BCUT2D eigenvalue weighted by molar-refractivity contribution is 7.92. The number of hydrogen-bond donors (Lipinski definition) is 1. The van der Waals surface area contributed by atoms with Gasteiger partial charge in [0.1, 0.15) is 24.2 Å². The summed E-state index contributed by atoms with van der Waals surface area (Å²) in [7, 11) is -2.71. The largest absolute Gasteiger partial charge is 0.497 e. The molecular formula is C30H36FN3O5S. The molecule has 0 bridgehead atoms. The van der Waals surface area contributed by atoms with E-state index in [1.54, 1.807) is 62.6 Å². The maximum absolute atomic E-state index is 13.9. The summed E-state index contributed by atoms with van der Waals surface area (Å²) in [5.74, 6) is -0.841. The molecule has 1 unspecified atom stereocenters. The van der Waals surface area contributed by atoms with Crippen molar-refractivity contribution in [3.05, 3.63) is 89.7 Å². The number of carbonyl (C=O) groups is 2. The van der Waals surface area contributed by atoms with Gasteiger partial charge in [-0.25, -0.2) is 12.8 Å². The topological polar surface area (TPSA) is 96.0 Å². The Morgan fingerprint density at radius 3 is 2.17 bits per heavy atom. The number of sulfonamides is 1. The Morgan fingerprint density at radius 1 is 0.975 bits per heavy atom. The lowest BCUT2D eigenvalue weighted by Gasteiger charge is -2.32. The SMILES string of the molecule is CCCCNC(=O)C(C)N(Cc1ccc(OC)cc1)C(=O)CN(c1ccc(C)cc1)S(=O)(=O)c1ccc(F)cc1. The van der Waals surface area contributed by atoms with E-state index in [0.29, 0.717) is 12.3 Å². The van der Waals surface area contributed by atoms with Gasteiger partial charge in [0.25, 0.3) is 10.0 Å². The lowest BCUT2D eigenvalue weighted by molar-refractivity contribution is -0.139. The predicted octanol–water partition coefficient (Wildman–Crippen LogP) is 4.67. The quantitative estimate of drug-likeness (QED) is 0.302. The second kappa shape index (κ2) is 13.9. The first-order valence-corrected chi connectivity index (χ1v) is 14.6. The van der Waals surface area contributed by atoms with Crippen molar-refractivity contribution < 1.29 is 27.1 Å². The van der Waals surface area contributed by atoms with Crippen molar-refractivity contribution in [2.45, 2.75) is 51.1 Å². The van der Waals surface area contributed by atoms with Crippen LogP contribution in [0.5, 0.6) is 5.75 Å². The summed E-state index contributed by atoms with van der Waals surface area (Å²) in [6, 6.07) is 17.3. The van der Waals surface area contributed by atoms with E-state index in [-0.39, 0.29) is 23.0 Å². The molecule has 0 spiro atoms. The van der Waals surface area contributed by atoms with Crippen LogP contribution in [-0.2, 0) is 26.2 Å². The van der Waals surface area contributed by atoms with Crippen molar-refractivity contribution in [3.8, 4) is 5.75 Å². The highest BCUT2D eigenvalue weighted by atomic mass is 32.2. The van der Waals surface area contributed by atoms with Crippen molar-refractivity contribution in [2.24, 2.45) is 0 Å². The van der Waals surface area contributed by atoms with Gasteiger partial charge in [-0.05, 0) is 74.4 Å². The first-order valence-electron chi connectivity index (χ1n) is 13.1. The Bertz CT molecular complexity index is 1380. The van der Waals surface area contributed by atoms with E-state index in [4.69, 9.17) is 4.74 Å². The molecule has 10 heteroatoms.